The van der Waals surface area contributed by atoms with Gasteiger partial charge in [-0.05, 0) is 0 Å². The van der Waals surface area contributed by atoms with Crippen LogP contribution in [0.4, 0.5) is 0 Å². The second kappa shape index (κ2) is 4.67. The molecule has 1 aliphatic heterocycles. The van der Waals surface area contributed by atoms with Gasteiger partial charge in [-0.1, -0.05) is 0 Å². The summed E-state index contributed by atoms with van der Waals surface area (Å²) in [6, 6.07) is 0.557. The van der Waals surface area contributed by atoms with Crippen LogP contribution in [0.2, 0.25) is 0 Å². The van der Waals surface area contributed by atoms with E-state index in [-0.39, 0.29) is 6.04 Å². The van der Waals surface area contributed by atoms with Crippen molar-refractivity contribution in [1.29, 1.82) is 0 Å². The number of nitrogens with zero attached hydrogens (tertiary/aromatic N) is 2. The molecule has 0 saturated heterocycles. The van der Waals surface area contributed by atoms with Crippen LogP contribution in [0, 0.1) is 0 Å². The molecule has 0 unspecified atom stereocenters. The SMILES string of the molecule is C=C1C=C(C)N(C(C)C)[Te](=O)N1C(C)C. The van der Waals surface area contributed by atoms with Crippen molar-refractivity contribution in [2.24, 2.45) is 0 Å². The molecule has 1 aliphatic rings. The van der Waals surface area contributed by atoms with E-state index in [4.69, 9.17) is 0 Å². The Kier molecular flexibility index (Phi) is 3.97. The minimum absolute atomic E-state index is 0.261. The zero-order valence-electron chi connectivity index (χ0n) is 10.2. The maximum atomic E-state index is 12.4. The topological polar surface area (TPSA) is 23.6 Å². The monoisotopic (exact) mass is 326 g/mol. The first-order valence-electron chi connectivity index (χ1n) is 5.24. The van der Waals surface area contributed by atoms with E-state index in [1.54, 1.807) is 0 Å². The van der Waals surface area contributed by atoms with Crippen LogP contribution in [0.25, 0.3) is 0 Å². The van der Waals surface area contributed by atoms with E-state index < -0.39 is 20.1 Å². The Labute approximate surface area is 100 Å². The Morgan fingerprint density at radius 2 is 1.67 bits per heavy atom. The molecule has 1 heterocycles. The van der Waals surface area contributed by atoms with E-state index in [1.165, 1.54) is 0 Å². The fourth-order valence-corrected chi connectivity index (χ4v) is 5.96. The fourth-order valence-electron chi connectivity index (χ4n) is 1.79. The first kappa shape index (κ1) is 12.7. The van der Waals surface area contributed by atoms with Crippen LogP contribution in [-0.4, -0.2) is 38.5 Å². The summed E-state index contributed by atoms with van der Waals surface area (Å²) in [5, 5.41) is 0. The molecule has 0 aromatic heterocycles. The van der Waals surface area contributed by atoms with Crippen LogP contribution < -0.4 is 0 Å². The van der Waals surface area contributed by atoms with Crippen LogP contribution in [-0.2, 0) is 3.10 Å². The molecule has 0 atom stereocenters. The summed E-state index contributed by atoms with van der Waals surface area (Å²) in [7, 11) is 0. The summed E-state index contributed by atoms with van der Waals surface area (Å²) in [5.41, 5.74) is 1.98. The Hall–Kier alpha value is -0.330. The molecule has 86 valence electrons. The third-order valence-electron chi connectivity index (χ3n) is 2.28. The number of allylic oxidation sites excluding steroid dienone is 2. The van der Waals surface area contributed by atoms with Gasteiger partial charge in [0.2, 0.25) is 0 Å². The van der Waals surface area contributed by atoms with Gasteiger partial charge < -0.3 is 0 Å². The molecule has 0 aromatic carbocycles. The van der Waals surface area contributed by atoms with Gasteiger partial charge in [-0.2, -0.15) is 0 Å². The zero-order valence-corrected chi connectivity index (χ0v) is 12.5. The molecule has 0 fully saturated rings. The second-order valence-electron chi connectivity index (χ2n) is 4.35. The van der Waals surface area contributed by atoms with E-state index in [0.717, 1.165) is 11.4 Å². The van der Waals surface area contributed by atoms with Crippen molar-refractivity contribution in [2.45, 2.75) is 46.7 Å². The molecule has 0 N–H and O–H groups in total. The number of hydrogen-bond acceptors (Lipinski definition) is 1. The van der Waals surface area contributed by atoms with Crippen molar-refractivity contribution in [2.75, 3.05) is 0 Å². The predicted octanol–water partition coefficient (Wildman–Crippen LogP) is 2.25. The Balaban J connectivity index is 3.10. The zero-order chi connectivity index (χ0) is 11.7. The first-order chi connectivity index (χ1) is 6.86. The summed E-state index contributed by atoms with van der Waals surface area (Å²) < 4.78 is 16.5. The molecule has 0 spiro atoms. The van der Waals surface area contributed by atoms with E-state index >= 15 is 0 Å². The molecule has 1 rings (SSSR count). The van der Waals surface area contributed by atoms with E-state index in [1.807, 2.05) is 16.2 Å². The molecule has 15 heavy (non-hydrogen) atoms. The minimum atomic E-state index is -2.63. The Morgan fingerprint density at radius 3 is 2.07 bits per heavy atom. The summed E-state index contributed by atoms with van der Waals surface area (Å²) in [5.74, 6) is 0. The molecule has 0 radical (unpaired) electrons. The van der Waals surface area contributed by atoms with E-state index in [2.05, 4.69) is 37.4 Å². The van der Waals surface area contributed by atoms with Gasteiger partial charge in [0.05, 0.1) is 0 Å². The first-order valence-corrected chi connectivity index (χ1v) is 8.27. The van der Waals surface area contributed by atoms with Gasteiger partial charge in [-0.25, -0.2) is 0 Å². The van der Waals surface area contributed by atoms with Crippen molar-refractivity contribution in [3.8, 4) is 0 Å². The summed E-state index contributed by atoms with van der Waals surface area (Å²) in [6.07, 6.45) is 2.02. The van der Waals surface area contributed by atoms with Crippen molar-refractivity contribution in [1.82, 2.24) is 6.30 Å². The van der Waals surface area contributed by atoms with Crippen LogP contribution in [0.1, 0.15) is 34.6 Å². The van der Waals surface area contributed by atoms with Crippen molar-refractivity contribution in [3.05, 3.63) is 24.0 Å². The molecule has 0 aliphatic carbocycles. The van der Waals surface area contributed by atoms with Gasteiger partial charge in [0, 0.05) is 0 Å². The standard InChI is InChI=1S/C11H20N2OTe/c1-8(2)12-10(5)7-11(6)13(9(3)4)15(12)14/h7-9H,5H2,1-4,6H3. The Morgan fingerprint density at radius 1 is 1.20 bits per heavy atom. The summed E-state index contributed by atoms with van der Waals surface area (Å²) >= 11 is -2.63. The summed E-state index contributed by atoms with van der Waals surface area (Å²) in [6.45, 7) is 14.3. The third-order valence-corrected chi connectivity index (χ3v) is 8.10. The number of hydrogen-bond donors (Lipinski definition) is 0. The van der Waals surface area contributed by atoms with E-state index in [9.17, 15) is 3.10 Å². The average molecular weight is 324 g/mol. The predicted molar refractivity (Wildman–Crippen MR) is 63.3 cm³/mol. The average Bonchev–Trinajstić information content (AvgIpc) is 1.99. The molecule has 3 nitrogen and oxygen atoms in total. The van der Waals surface area contributed by atoms with Crippen LogP contribution >= 0.6 is 0 Å². The van der Waals surface area contributed by atoms with Crippen LogP contribution in [0.5, 0.6) is 0 Å². The molecule has 0 saturated carbocycles. The van der Waals surface area contributed by atoms with Crippen LogP contribution in [0.3, 0.4) is 0 Å². The number of rotatable bonds is 2. The van der Waals surface area contributed by atoms with Gasteiger partial charge in [-0.3, -0.25) is 0 Å². The summed E-state index contributed by atoms with van der Waals surface area (Å²) in [4.78, 5) is 0. The van der Waals surface area contributed by atoms with Crippen molar-refractivity contribution in [3.63, 3.8) is 0 Å². The van der Waals surface area contributed by atoms with Gasteiger partial charge >= 0.3 is 100 Å². The van der Waals surface area contributed by atoms with Gasteiger partial charge in [0.15, 0.2) is 0 Å². The van der Waals surface area contributed by atoms with Crippen molar-refractivity contribution >= 4 is 20.1 Å². The molecule has 0 bridgehead atoms. The quantitative estimate of drug-likeness (QED) is 0.728. The molecule has 0 aromatic rings. The Bertz CT molecular complexity index is 321. The maximum absolute atomic E-state index is 12.4. The second-order valence-corrected chi connectivity index (χ2v) is 7.91. The third kappa shape index (κ3) is 2.43. The van der Waals surface area contributed by atoms with Gasteiger partial charge in [-0.15, -0.1) is 0 Å². The normalized spacial score (nSPS) is 19.1. The van der Waals surface area contributed by atoms with E-state index in [0.29, 0.717) is 6.04 Å². The van der Waals surface area contributed by atoms with Gasteiger partial charge in [0.25, 0.3) is 0 Å². The molecule has 0 amide bonds. The molecule has 4 heteroatoms. The fraction of sp³-hybridized carbons (Fsp3) is 0.636. The van der Waals surface area contributed by atoms with Gasteiger partial charge in [0.1, 0.15) is 0 Å². The van der Waals surface area contributed by atoms with Crippen molar-refractivity contribution < 1.29 is 3.10 Å². The molecular formula is C11H20N2OTe. The van der Waals surface area contributed by atoms with Crippen LogP contribution in [0.15, 0.2) is 24.0 Å². The molecular weight excluding hydrogens is 304 g/mol.